The number of thiazole rings is 1. The zero-order chi connectivity index (χ0) is 17.1. The van der Waals surface area contributed by atoms with Crippen molar-refractivity contribution >= 4 is 23.1 Å². The van der Waals surface area contributed by atoms with Crippen molar-refractivity contribution in [2.24, 2.45) is 0 Å². The lowest BCUT2D eigenvalue weighted by molar-refractivity contribution is 0.249. The lowest BCUT2D eigenvalue weighted by atomic mass is 10.1. The number of anilines is 1. The van der Waals surface area contributed by atoms with E-state index in [-0.39, 0.29) is 12.1 Å². The van der Waals surface area contributed by atoms with Crippen molar-refractivity contribution in [3.8, 4) is 11.5 Å². The van der Waals surface area contributed by atoms with E-state index in [0.29, 0.717) is 11.6 Å². The second kappa shape index (κ2) is 6.79. The van der Waals surface area contributed by atoms with Crippen LogP contribution in [0, 0.1) is 13.8 Å². The molecule has 8 heteroatoms. The van der Waals surface area contributed by atoms with Crippen LogP contribution in [0.3, 0.4) is 0 Å². The predicted octanol–water partition coefficient (Wildman–Crippen LogP) is 3.69. The Morgan fingerprint density at radius 1 is 1.33 bits per heavy atom. The summed E-state index contributed by atoms with van der Waals surface area (Å²) >= 11 is 1.56. The molecule has 3 aromatic rings. The van der Waals surface area contributed by atoms with Crippen molar-refractivity contribution in [3.63, 3.8) is 0 Å². The zero-order valence-corrected chi connectivity index (χ0v) is 14.3. The Morgan fingerprint density at radius 3 is 2.83 bits per heavy atom. The number of urea groups is 1. The van der Waals surface area contributed by atoms with Gasteiger partial charge >= 0.3 is 6.03 Å². The highest BCUT2D eigenvalue weighted by molar-refractivity contribution is 7.09. The molecule has 1 atom stereocenters. The minimum atomic E-state index is -0.293. The van der Waals surface area contributed by atoms with Gasteiger partial charge in [-0.05, 0) is 38.5 Å². The summed E-state index contributed by atoms with van der Waals surface area (Å²) in [5.74, 6) is 0.407. The van der Waals surface area contributed by atoms with Crippen LogP contribution in [0.5, 0.6) is 0 Å². The molecule has 2 amide bonds. The van der Waals surface area contributed by atoms with E-state index in [4.69, 9.17) is 4.42 Å². The van der Waals surface area contributed by atoms with E-state index in [2.05, 4.69) is 25.8 Å². The van der Waals surface area contributed by atoms with Gasteiger partial charge in [0.15, 0.2) is 0 Å². The predicted molar refractivity (Wildman–Crippen MR) is 91.9 cm³/mol. The fraction of sp³-hybridized carbons (Fsp3) is 0.250. The van der Waals surface area contributed by atoms with Crippen LogP contribution in [-0.4, -0.2) is 21.2 Å². The Labute approximate surface area is 143 Å². The summed E-state index contributed by atoms with van der Waals surface area (Å²) in [5, 5.41) is 16.2. The SMILES string of the molecule is Cc1nc(C(C)NC(=O)Nc2cc(-c3nnco3)ccc2C)cs1. The molecule has 2 aromatic heterocycles. The average Bonchev–Trinajstić information content (AvgIpc) is 3.21. The van der Waals surface area contributed by atoms with E-state index in [9.17, 15) is 4.79 Å². The molecular weight excluding hydrogens is 326 g/mol. The first-order valence-electron chi connectivity index (χ1n) is 7.39. The molecule has 0 aliphatic carbocycles. The van der Waals surface area contributed by atoms with Crippen molar-refractivity contribution in [2.45, 2.75) is 26.8 Å². The number of carbonyl (C=O) groups is 1. The molecule has 0 saturated carbocycles. The van der Waals surface area contributed by atoms with Crippen LogP contribution in [0.15, 0.2) is 34.4 Å². The van der Waals surface area contributed by atoms with Gasteiger partial charge < -0.3 is 15.1 Å². The number of nitrogens with one attached hydrogen (secondary N) is 2. The van der Waals surface area contributed by atoms with Gasteiger partial charge in [-0.2, -0.15) is 0 Å². The number of rotatable bonds is 4. The first-order chi connectivity index (χ1) is 11.5. The Hall–Kier alpha value is -2.74. The Bertz CT molecular complexity index is 844. The van der Waals surface area contributed by atoms with Gasteiger partial charge in [-0.15, -0.1) is 21.5 Å². The van der Waals surface area contributed by atoms with Gasteiger partial charge in [0.1, 0.15) is 0 Å². The highest BCUT2D eigenvalue weighted by atomic mass is 32.1. The van der Waals surface area contributed by atoms with E-state index in [0.717, 1.165) is 21.8 Å². The third kappa shape index (κ3) is 3.60. The molecule has 0 bridgehead atoms. The number of hydrogen-bond donors (Lipinski definition) is 2. The lowest BCUT2D eigenvalue weighted by Gasteiger charge is -2.14. The summed E-state index contributed by atoms with van der Waals surface area (Å²) in [6, 6.07) is 5.10. The van der Waals surface area contributed by atoms with E-state index in [1.165, 1.54) is 6.39 Å². The number of carbonyl (C=O) groups excluding carboxylic acids is 1. The maximum absolute atomic E-state index is 12.3. The van der Waals surface area contributed by atoms with E-state index in [1.54, 1.807) is 17.4 Å². The summed E-state index contributed by atoms with van der Waals surface area (Å²) in [5.41, 5.74) is 3.22. The van der Waals surface area contributed by atoms with Gasteiger partial charge in [0.2, 0.25) is 12.3 Å². The monoisotopic (exact) mass is 343 g/mol. The number of aromatic nitrogens is 3. The minimum absolute atomic E-state index is 0.172. The number of benzene rings is 1. The van der Waals surface area contributed by atoms with Crippen molar-refractivity contribution < 1.29 is 9.21 Å². The molecule has 1 unspecified atom stereocenters. The highest BCUT2D eigenvalue weighted by Crippen LogP contribution is 2.24. The fourth-order valence-electron chi connectivity index (χ4n) is 2.20. The van der Waals surface area contributed by atoms with Crippen molar-refractivity contribution in [1.29, 1.82) is 0 Å². The fourth-order valence-corrected chi connectivity index (χ4v) is 2.90. The van der Waals surface area contributed by atoms with Gasteiger partial charge in [-0.3, -0.25) is 0 Å². The van der Waals surface area contributed by atoms with Crippen molar-refractivity contribution in [3.05, 3.63) is 46.2 Å². The average molecular weight is 343 g/mol. The summed E-state index contributed by atoms with van der Waals surface area (Å²) in [6.45, 7) is 5.75. The van der Waals surface area contributed by atoms with E-state index in [1.807, 2.05) is 38.3 Å². The molecule has 1 aromatic carbocycles. The molecule has 124 valence electrons. The Morgan fingerprint density at radius 2 is 2.17 bits per heavy atom. The zero-order valence-electron chi connectivity index (χ0n) is 13.5. The van der Waals surface area contributed by atoms with Gasteiger partial charge in [-0.25, -0.2) is 9.78 Å². The minimum Gasteiger partial charge on any atom is -0.423 e. The third-order valence-electron chi connectivity index (χ3n) is 3.52. The molecule has 0 aliphatic rings. The molecule has 0 spiro atoms. The molecule has 0 fully saturated rings. The molecule has 7 nitrogen and oxygen atoms in total. The van der Waals surface area contributed by atoms with Crippen LogP contribution in [0.1, 0.15) is 29.2 Å². The van der Waals surface area contributed by atoms with E-state index >= 15 is 0 Å². The second-order valence-electron chi connectivity index (χ2n) is 5.39. The number of amides is 2. The summed E-state index contributed by atoms with van der Waals surface area (Å²) < 4.78 is 5.19. The normalized spacial score (nSPS) is 12.0. The van der Waals surface area contributed by atoms with Crippen LogP contribution in [0.2, 0.25) is 0 Å². The topological polar surface area (TPSA) is 92.9 Å². The van der Waals surface area contributed by atoms with Crippen LogP contribution < -0.4 is 10.6 Å². The molecule has 2 heterocycles. The highest BCUT2D eigenvalue weighted by Gasteiger charge is 2.14. The summed E-state index contributed by atoms with van der Waals surface area (Å²) in [7, 11) is 0. The molecule has 0 radical (unpaired) electrons. The molecule has 24 heavy (non-hydrogen) atoms. The Kier molecular flexibility index (Phi) is 4.57. The maximum Gasteiger partial charge on any atom is 0.319 e. The van der Waals surface area contributed by atoms with Gasteiger partial charge in [0.25, 0.3) is 0 Å². The standard InChI is InChI=1S/C16H17N5O2S/c1-9-4-5-12(15-21-17-8-23-15)6-13(9)20-16(22)18-10(2)14-7-24-11(3)19-14/h4-8,10H,1-3H3,(H2,18,20,22). The Balaban J connectivity index is 1.71. The van der Waals surface area contributed by atoms with Crippen LogP contribution in [-0.2, 0) is 0 Å². The molecule has 0 saturated heterocycles. The van der Waals surface area contributed by atoms with E-state index < -0.39 is 0 Å². The maximum atomic E-state index is 12.3. The second-order valence-corrected chi connectivity index (χ2v) is 6.45. The van der Waals surface area contributed by atoms with Crippen molar-refractivity contribution in [1.82, 2.24) is 20.5 Å². The number of nitrogens with zero attached hydrogens (tertiary/aromatic N) is 3. The smallest absolute Gasteiger partial charge is 0.319 e. The quantitative estimate of drug-likeness (QED) is 0.753. The van der Waals surface area contributed by atoms with Gasteiger partial charge in [0.05, 0.1) is 16.7 Å². The number of hydrogen-bond acceptors (Lipinski definition) is 6. The molecule has 2 N–H and O–H groups in total. The number of aryl methyl sites for hydroxylation is 2. The van der Waals surface area contributed by atoms with Crippen molar-refractivity contribution in [2.75, 3.05) is 5.32 Å². The first kappa shape index (κ1) is 16.1. The van der Waals surface area contributed by atoms with Crippen LogP contribution >= 0.6 is 11.3 Å². The largest absolute Gasteiger partial charge is 0.423 e. The van der Waals surface area contributed by atoms with Crippen LogP contribution in [0.25, 0.3) is 11.5 Å². The lowest BCUT2D eigenvalue weighted by Crippen LogP contribution is -2.31. The molecule has 0 aliphatic heterocycles. The van der Waals surface area contributed by atoms with Crippen LogP contribution in [0.4, 0.5) is 10.5 Å². The third-order valence-corrected chi connectivity index (χ3v) is 4.31. The summed E-state index contributed by atoms with van der Waals surface area (Å²) in [6.07, 6.45) is 1.27. The first-order valence-corrected chi connectivity index (χ1v) is 8.27. The van der Waals surface area contributed by atoms with Gasteiger partial charge in [-0.1, -0.05) is 6.07 Å². The summed E-state index contributed by atoms with van der Waals surface area (Å²) in [4.78, 5) is 16.6. The molecule has 3 rings (SSSR count). The molecular formula is C16H17N5O2S. The van der Waals surface area contributed by atoms with Gasteiger partial charge in [0, 0.05) is 16.6 Å².